The van der Waals surface area contributed by atoms with Gasteiger partial charge in [0.2, 0.25) is 0 Å². The summed E-state index contributed by atoms with van der Waals surface area (Å²) in [4.78, 5) is 31.3. The van der Waals surface area contributed by atoms with Gasteiger partial charge in [-0.05, 0) is 118 Å². The van der Waals surface area contributed by atoms with E-state index < -0.39 is 11.6 Å². The lowest BCUT2D eigenvalue weighted by molar-refractivity contribution is 0.00693. The highest BCUT2D eigenvalue weighted by Gasteiger charge is 2.32. The highest BCUT2D eigenvalue weighted by Crippen LogP contribution is 2.48. The van der Waals surface area contributed by atoms with Crippen LogP contribution in [-0.4, -0.2) is 50.6 Å². The highest BCUT2D eigenvalue weighted by molar-refractivity contribution is 6.03. The first-order valence-electron chi connectivity index (χ1n) is 17.5. The summed E-state index contributed by atoms with van der Waals surface area (Å²) in [6, 6.07) is 14.1. The van der Waals surface area contributed by atoms with Crippen molar-refractivity contribution >= 4 is 34.5 Å². The number of ether oxygens (including phenoxy) is 3. The molecule has 9 nitrogen and oxygen atoms in total. The number of benzene rings is 2. The zero-order valence-electron chi connectivity index (χ0n) is 29.7. The first kappa shape index (κ1) is 33.3. The molecule has 5 aromatic rings. The topological polar surface area (TPSA) is 97.5 Å². The van der Waals surface area contributed by atoms with E-state index in [1.165, 1.54) is 24.8 Å². The van der Waals surface area contributed by atoms with Crippen molar-refractivity contribution in [1.29, 1.82) is 0 Å². The van der Waals surface area contributed by atoms with Gasteiger partial charge in [-0.25, -0.2) is 14.3 Å². The van der Waals surface area contributed by atoms with E-state index in [0.717, 1.165) is 63.1 Å². The molecule has 0 spiro atoms. The van der Waals surface area contributed by atoms with E-state index in [-0.39, 0.29) is 12.6 Å². The Labute approximate surface area is 292 Å². The largest absolute Gasteiger partial charge is 0.497 e. The minimum atomic E-state index is -0.629. The van der Waals surface area contributed by atoms with Crippen LogP contribution in [0, 0.1) is 6.92 Å². The number of aromatic nitrogens is 4. The summed E-state index contributed by atoms with van der Waals surface area (Å²) in [6.07, 6.45) is 13.1. The van der Waals surface area contributed by atoms with Crippen molar-refractivity contribution in [1.82, 2.24) is 19.3 Å². The van der Waals surface area contributed by atoms with Crippen molar-refractivity contribution in [3.05, 3.63) is 94.6 Å². The SMILES string of the molecule is CCOC(=O)c1cnn(-c2ccncc2C)c1C1=Cc2cc(OC)ccc2-c2c(C3CCCCC3)c3ccc(C(=O)OC(C)(C)C)cc3n2C1. The Balaban J connectivity index is 1.53. The molecule has 3 aromatic heterocycles. The second-order valence-corrected chi connectivity index (χ2v) is 14.2. The number of hydrogen-bond acceptors (Lipinski definition) is 7. The predicted molar refractivity (Wildman–Crippen MR) is 195 cm³/mol. The molecular weight excluding hydrogens is 628 g/mol. The molecule has 0 amide bonds. The molecule has 50 heavy (non-hydrogen) atoms. The standard InChI is InChI=1S/C41H44N4O5/c1-7-49-40(47)33-23-43-45(34-17-18-42-22-25(34)2)37(33)29-19-28-20-30(48-6)14-16-31(28)38-36(26-11-9-8-10-12-26)32-15-13-27(21-35(32)44(38)24-29)39(46)50-41(3,4)5/h13-23,26H,7-12,24H2,1-6H3. The molecule has 0 N–H and O–H groups in total. The van der Waals surface area contributed by atoms with Gasteiger partial charge in [-0.2, -0.15) is 5.10 Å². The summed E-state index contributed by atoms with van der Waals surface area (Å²) in [6.45, 7) is 10.1. The molecular formula is C41H44N4O5. The van der Waals surface area contributed by atoms with Crippen molar-refractivity contribution in [2.24, 2.45) is 0 Å². The van der Waals surface area contributed by atoms with Crippen LogP contribution in [0.3, 0.4) is 0 Å². The van der Waals surface area contributed by atoms with Crippen LogP contribution in [0.4, 0.5) is 0 Å². The molecule has 258 valence electrons. The van der Waals surface area contributed by atoms with Gasteiger partial charge >= 0.3 is 11.9 Å². The number of rotatable bonds is 7. The number of carbonyl (C=O) groups excluding carboxylic acids is 2. The van der Waals surface area contributed by atoms with Crippen LogP contribution in [0.5, 0.6) is 5.75 Å². The summed E-state index contributed by atoms with van der Waals surface area (Å²) in [5.74, 6) is 0.301. The van der Waals surface area contributed by atoms with Crippen molar-refractivity contribution in [3.63, 3.8) is 0 Å². The zero-order chi connectivity index (χ0) is 35.2. The molecule has 1 aliphatic carbocycles. The quantitative estimate of drug-likeness (QED) is 0.159. The van der Waals surface area contributed by atoms with Gasteiger partial charge in [0.05, 0.1) is 49.1 Å². The number of esters is 2. The molecule has 2 aromatic carbocycles. The van der Waals surface area contributed by atoms with Crippen LogP contribution in [0.1, 0.15) is 109 Å². The van der Waals surface area contributed by atoms with Crippen molar-refractivity contribution in [2.75, 3.05) is 13.7 Å². The molecule has 4 heterocycles. The normalized spacial score (nSPS) is 14.8. The molecule has 2 aliphatic rings. The van der Waals surface area contributed by atoms with Crippen molar-refractivity contribution < 1.29 is 23.8 Å². The number of pyridine rings is 1. The summed E-state index contributed by atoms with van der Waals surface area (Å²) < 4.78 is 21.3. The van der Waals surface area contributed by atoms with Crippen LogP contribution < -0.4 is 4.74 Å². The number of aryl methyl sites for hydroxylation is 1. The van der Waals surface area contributed by atoms with Gasteiger partial charge in [0.15, 0.2) is 0 Å². The number of hydrogen-bond donors (Lipinski definition) is 0. The first-order chi connectivity index (χ1) is 24.1. The number of allylic oxidation sites excluding steroid dienone is 1. The van der Waals surface area contributed by atoms with E-state index in [1.54, 1.807) is 32.6 Å². The maximum absolute atomic E-state index is 13.6. The molecule has 0 unspecified atom stereocenters. The Bertz CT molecular complexity index is 2140. The predicted octanol–water partition coefficient (Wildman–Crippen LogP) is 8.94. The summed E-state index contributed by atoms with van der Waals surface area (Å²) in [5.41, 5.74) is 8.90. The van der Waals surface area contributed by atoms with Gasteiger partial charge in [0.1, 0.15) is 16.9 Å². The van der Waals surface area contributed by atoms with Gasteiger partial charge in [-0.3, -0.25) is 4.98 Å². The van der Waals surface area contributed by atoms with E-state index in [2.05, 4.69) is 33.8 Å². The Morgan fingerprint density at radius 2 is 1.76 bits per heavy atom. The molecule has 9 heteroatoms. The van der Waals surface area contributed by atoms with Crippen LogP contribution in [-0.2, 0) is 16.0 Å². The monoisotopic (exact) mass is 672 g/mol. The zero-order valence-corrected chi connectivity index (χ0v) is 29.7. The summed E-state index contributed by atoms with van der Waals surface area (Å²) in [7, 11) is 1.67. The van der Waals surface area contributed by atoms with E-state index in [0.29, 0.717) is 29.3 Å². The third-order valence-corrected chi connectivity index (χ3v) is 9.71. The third kappa shape index (κ3) is 6.10. The van der Waals surface area contributed by atoms with E-state index in [4.69, 9.17) is 19.3 Å². The molecule has 0 radical (unpaired) electrons. The van der Waals surface area contributed by atoms with Gasteiger partial charge in [-0.15, -0.1) is 0 Å². The summed E-state index contributed by atoms with van der Waals surface area (Å²) >= 11 is 0. The maximum atomic E-state index is 13.6. The lowest BCUT2D eigenvalue weighted by Gasteiger charge is -2.24. The van der Waals surface area contributed by atoms with E-state index >= 15 is 0 Å². The Morgan fingerprint density at radius 3 is 2.48 bits per heavy atom. The summed E-state index contributed by atoms with van der Waals surface area (Å²) in [5, 5.41) is 5.90. The average Bonchev–Trinajstić information content (AvgIpc) is 3.62. The van der Waals surface area contributed by atoms with Crippen LogP contribution >= 0.6 is 0 Å². The minimum absolute atomic E-state index is 0.237. The molecule has 0 saturated heterocycles. The van der Waals surface area contributed by atoms with Gasteiger partial charge < -0.3 is 18.8 Å². The number of nitrogens with zero attached hydrogens (tertiary/aromatic N) is 4. The Kier molecular flexibility index (Phi) is 8.84. The highest BCUT2D eigenvalue weighted by atomic mass is 16.6. The minimum Gasteiger partial charge on any atom is -0.497 e. The molecule has 1 aliphatic heterocycles. The smallest absolute Gasteiger partial charge is 0.341 e. The molecule has 0 bridgehead atoms. The van der Waals surface area contributed by atoms with E-state index in [1.807, 2.05) is 56.6 Å². The molecule has 1 fully saturated rings. The van der Waals surface area contributed by atoms with Crippen LogP contribution in [0.2, 0.25) is 0 Å². The number of carbonyl (C=O) groups is 2. The Morgan fingerprint density at radius 1 is 0.960 bits per heavy atom. The lowest BCUT2D eigenvalue weighted by atomic mass is 9.81. The number of fused-ring (bicyclic) bond motifs is 5. The number of methoxy groups -OCH3 is 1. The van der Waals surface area contributed by atoms with Crippen LogP contribution in [0.15, 0.2) is 61.1 Å². The van der Waals surface area contributed by atoms with E-state index in [9.17, 15) is 9.59 Å². The fourth-order valence-corrected chi connectivity index (χ4v) is 7.55. The Hall–Kier alpha value is -5.18. The van der Waals surface area contributed by atoms with Crippen molar-refractivity contribution in [2.45, 2.75) is 84.8 Å². The van der Waals surface area contributed by atoms with Crippen molar-refractivity contribution in [3.8, 4) is 22.7 Å². The van der Waals surface area contributed by atoms with Gasteiger partial charge in [-0.1, -0.05) is 25.3 Å². The average molecular weight is 673 g/mol. The third-order valence-electron chi connectivity index (χ3n) is 9.71. The molecule has 1 saturated carbocycles. The fraction of sp³-hybridized carbons (Fsp3) is 0.366. The fourth-order valence-electron chi connectivity index (χ4n) is 7.55. The molecule has 0 atom stereocenters. The lowest BCUT2D eigenvalue weighted by Crippen LogP contribution is -2.23. The second kappa shape index (κ2) is 13.3. The second-order valence-electron chi connectivity index (χ2n) is 14.2. The molecule has 7 rings (SSSR count). The van der Waals surface area contributed by atoms with Gasteiger partial charge in [0.25, 0.3) is 0 Å². The maximum Gasteiger partial charge on any atom is 0.341 e. The first-order valence-corrected chi connectivity index (χ1v) is 17.5. The van der Waals surface area contributed by atoms with Gasteiger partial charge in [0, 0.05) is 28.9 Å². The van der Waals surface area contributed by atoms with Crippen LogP contribution in [0.25, 0.3) is 39.5 Å².